The molecule has 0 radical (unpaired) electrons. The molecule has 0 amide bonds. The Morgan fingerprint density at radius 3 is 1.90 bits per heavy atom. The van der Waals surface area contributed by atoms with Gasteiger partial charge in [0.05, 0.1) is 5.69 Å². The molecule has 0 N–H and O–H groups in total. The number of hydrogen-bond donors (Lipinski definition) is 0. The summed E-state index contributed by atoms with van der Waals surface area (Å²) < 4.78 is 2.42. The Bertz CT molecular complexity index is 1610. The SMILES string of the molecule is C=Cc1c2c(n(-c3ccc(-c4ccc(N(c5ccccc5)c5ccccc5)cc4)cc3)c1/C=C\CC)CCC=C2. The molecule has 2 nitrogen and oxygen atoms in total. The summed E-state index contributed by atoms with van der Waals surface area (Å²) in [4.78, 5) is 2.29. The van der Waals surface area contributed by atoms with Crippen molar-refractivity contribution >= 4 is 35.3 Å². The van der Waals surface area contributed by atoms with E-state index in [-0.39, 0.29) is 0 Å². The van der Waals surface area contributed by atoms with Crippen LogP contribution in [0.25, 0.3) is 35.0 Å². The lowest BCUT2D eigenvalue weighted by atomic mass is 10.0. The van der Waals surface area contributed by atoms with E-state index in [1.54, 1.807) is 0 Å². The molecule has 2 heteroatoms. The van der Waals surface area contributed by atoms with Gasteiger partial charge >= 0.3 is 0 Å². The van der Waals surface area contributed by atoms with Crippen molar-refractivity contribution in [2.45, 2.75) is 26.2 Å². The molecule has 1 aliphatic rings. The summed E-state index contributed by atoms with van der Waals surface area (Å²) in [5.74, 6) is 0. The molecular weight excluding hydrogens is 484 g/mol. The predicted molar refractivity (Wildman–Crippen MR) is 173 cm³/mol. The molecule has 0 atom stereocenters. The predicted octanol–water partition coefficient (Wildman–Crippen LogP) is 10.6. The third-order valence-electron chi connectivity index (χ3n) is 7.55. The van der Waals surface area contributed by atoms with Crippen LogP contribution < -0.4 is 4.90 Å². The van der Waals surface area contributed by atoms with Crippen molar-refractivity contribution in [2.24, 2.45) is 0 Å². The van der Waals surface area contributed by atoms with Crippen LogP contribution in [0.15, 0.2) is 128 Å². The molecular formula is C38H34N2. The molecule has 0 unspecified atom stereocenters. The number of fused-ring (bicyclic) bond motifs is 1. The number of anilines is 3. The van der Waals surface area contributed by atoms with Crippen LogP contribution in [-0.4, -0.2) is 4.57 Å². The Labute approximate surface area is 237 Å². The van der Waals surface area contributed by atoms with Crippen LogP contribution in [0.5, 0.6) is 0 Å². The summed E-state index contributed by atoms with van der Waals surface area (Å²) in [6.07, 6.45) is 14.1. The summed E-state index contributed by atoms with van der Waals surface area (Å²) >= 11 is 0. The molecule has 5 aromatic rings. The van der Waals surface area contributed by atoms with E-state index < -0.39 is 0 Å². The molecule has 196 valence electrons. The van der Waals surface area contributed by atoms with Crippen molar-refractivity contribution < 1.29 is 0 Å². The second kappa shape index (κ2) is 11.5. The highest BCUT2D eigenvalue weighted by Crippen LogP contribution is 2.37. The maximum absolute atomic E-state index is 4.14. The van der Waals surface area contributed by atoms with Gasteiger partial charge in [-0.05, 0) is 85.0 Å². The summed E-state index contributed by atoms with van der Waals surface area (Å²) in [5.41, 5.74) is 12.1. The van der Waals surface area contributed by atoms with Crippen LogP contribution in [0.2, 0.25) is 0 Å². The van der Waals surface area contributed by atoms with Gasteiger partial charge in [0.15, 0.2) is 0 Å². The highest BCUT2D eigenvalue weighted by molar-refractivity contribution is 5.79. The zero-order valence-electron chi connectivity index (χ0n) is 23.0. The fraction of sp³-hybridized carbons (Fsp3) is 0.105. The average Bonchev–Trinajstić information content (AvgIpc) is 3.35. The van der Waals surface area contributed by atoms with E-state index in [0.29, 0.717) is 0 Å². The number of hydrogen-bond acceptors (Lipinski definition) is 1. The summed E-state index contributed by atoms with van der Waals surface area (Å²) in [7, 11) is 0. The van der Waals surface area contributed by atoms with Gasteiger partial charge in [-0.25, -0.2) is 0 Å². The first kappa shape index (κ1) is 25.5. The van der Waals surface area contributed by atoms with Gasteiger partial charge in [-0.1, -0.05) is 98.5 Å². The maximum atomic E-state index is 4.14. The number of para-hydroxylation sites is 2. The van der Waals surface area contributed by atoms with E-state index >= 15 is 0 Å². The van der Waals surface area contributed by atoms with E-state index in [1.165, 1.54) is 39.3 Å². The smallest absolute Gasteiger partial charge is 0.0534 e. The highest BCUT2D eigenvalue weighted by atomic mass is 15.1. The van der Waals surface area contributed by atoms with E-state index in [4.69, 9.17) is 0 Å². The minimum absolute atomic E-state index is 1.00. The quantitative estimate of drug-likeness (QED) is 0.198. The van der Waals surface area contributed by atoms with Gasteiger partial charge in [-0.15, -0.1) is 0 Å². The number of benzene rings is 4. The Morgan fingerprint density at radius 2 is 1.32 bits per heavy atom. The molecule has 0 saturated heterocycles. The molecule has 0 fully saturated rings. The number of allylic oxidation sites excluding steroid dienone is 2. The fourth-order valence-electron chi connectivity index (χ4n) is 5.64. The third kappa shape index (κ3) is 4.85. The van der Waals surface area contributed by atoms with Gasteiger partial charge in [-0.3, -0.25) is 0 Å². The minimum Gasteiger partial charge on any atom is -0.313 e. The van der Waals surface area contributed by atoms with Gasteiger partial charge in [0.2, 0.25) is 0 Å². The monoisotopic (exact) mass is 518 g/mol. The zero-order chi connectivity index (χ0) is 27.3. The van der Waals surface area contributed by atoms with Crippen LogP contribution in [0.4, 0.5) is 17.1 Å². The van der Waals surface area contributed by atoms with Gasteiger partial charge in [0.25, 0.3) is 0 Å². The summed E-state index contributed by atoms with van der Waals surface area (Å²) in [6, 6.07) is 38.9. The lowest BCUT2D eigenvalue weighted by molar-refractivity contribution is 0.870. The summed E-state index contributed by atoms with van der Waals surface area (Å²) in [5, 5.41) is 0. The lowest BCUT2D eigenvalue weighted by Crippen LogP contribution is -2.09. The number of rotatable bonds is 8. The van der Waals surface area contributed by atoms with E-state index in [0.717, 1.165) is 36.3 Å². The van der Waals surface area contributed by atoms with Gasteiger partial charge in [-0.2, -0.15) is 0 Å². The van der Waals surface area contributed by atoms with Gasteiger partial charge in [0, 0.05) is 39.6 Å². The first-order valence-corrected chi connectivity index (χ1v) is 14.1. The van der Waals surface area contributed by atoms with Crippen LogP contribution in [-0.2, 0) is 6.42 Å². The Kier molecular flexibility index (Phi) is 7.32. The first-order chi connectivity index (χ1) is 19.8. The normalized spacial score (nSPS) is 12.4. The number of aromatic nitrogens is 1. The molecule has 0 aliphatic heterocycles. The van der Waals surface area contributed by atoms with Gasteiger partial charge in [0.1, 0.15) is 0 Å². The second-order valence-corrected chi connectivity index (χ2v) is 10.1. The van der Waals surface area contributed by atoms with Crippen LogP contribution in [0, 0.1) is 0 Å². The summed E-state index contributed by atoms with van der Waals surface area (Å²) in [6.45, 7) is 6.32. The van der Waals surface area contributed by atoms with Crippen LogP contribution in [0.3, 0.4) is 0 Å². The van der Waals surface area contributed by atoms with Crippen molar-refractivity contribution in [3.05, 3.63) is 150 Å². The molecule has 0 saturated carbocycles. The molecule has 40 heavy (non-hydrogen) atoms. The minimum atomic E-state index is 1.00. The van der Waals surface area contributed by atoms with E-state index in [9.17, 15) is 0 Å². The van der Waals surface area contributed by atoms with Crippen LogP contribution in [0.1, 0.15) is 42.3 Å². The first-order valence-electron chi connectivity index (χ1n) is 14.1. The van der Waals surface area contributed by atoms with E-state index in [1.807, 2.05) is 6.08 Å². The van der Waals surface area contributed by atoms with Crippen molar-refractivity contribution in [1.29, 1.82) is 0 Å². The van der Waals surface area contributed by atoms with Crippen molar-refractivity contribution in [2.75, 3.05) is 4.90 Å². The Hall–Kier alpha value is -4.82. The second-order valence-electron chi connectivity index (χ2n) is 10.1. The Balaban J connectivity index is 1.34. The molecule has 0 bridgehead atoms. The van der Waals surface area contributed by atoms with Crippen molar-refractivity contribution in [3.63, 3.8) is 0 Å². The van der Waals surface area contributed by atoms with Gasteiger partial charge < -0.3 is 9.47 Å². The van der Waals surface area contributed by atoms with E-state index in [2.05, 4.69) is 156 Å². The topological polar surface area (TPSA) is 8.17 Å². The van der Waals surface area contributed by atoms with Crippen molar-refractivity contribution in [1.82, 2.24) is 4.57 Å². The lowest BCUT2D eigenvalue weighted by Gasteiger charge is -2.25. The molecule has 1 heterocycles. The average molecular weight is 519 g/mol. The highest BCUT2D eigenvalue weighted by Gasteiger charge is 2.21. The molecule has 1 aromatic heterocycles. The molecule has 0 spiro atoms. The molecule has 6 rings (SSSR count). The standard InChI is InChI=1S/C38H34N2/c1-3-5-19-37-35(4-2)36-18-12-13-20-38(36)40(37)34-27-23-30(24-28-34)29-21-25-33(26-22-29)39(31-14-8-6-9-15-31)32-16-10-7-11-17-32/h4-12,14-19,21-28H,2-3,13,20H2,1H3/b19-5-. The largest absolute Gasteiger partial charge is 0.313 e. The Morgan fingerprint density at radius 1 is 0.750 bits per heavy atom. The maximum Gasteiger partial charge on any atom is 0.0534 e. The fourth-order valence-corrected chi connectivity index (χ4v) is 5.64. The third-order valence-corrected chi connectivity index (χ3v) is 7.55. The van der Waals surface area contributed by atoms with Crippen molar-refractivity contribution in [3.8, 4) is 16.8 Å². The molecule has 1 aliphatic carbocycles. The van der Waals surface area contributed by atoms with Crippen LogP contribution >= 0.6 is 0 Å². The molecule has 4 aromatic carbocycles. The zero-order valence-corrected chi connectivity index (χ0v) is 23.0. The number of nitrogens with zero attached hydrogens (tertiary/aromatic N) is 2.